The molecule has 0 radical (unpaired) electrons. The largest absolute Gasteiger partial charge is 0.354 e. The van der Waals surface area contributed by atoms with E-state index in [0.717, 1.165) is 18.9 Å². The van der Waals surface area contributed by atoms with Crippen LogP contribution in [0.15, 0.2) is 28.6 Å². The maximum Gasteiger partial charge on any atom is 0.276 e. The summed E-state index contributed by atoms with van der Waals surface area (Å²) in [7, 11) is 3.08. The van der Waals surface area contributed by atoms with Crippen molar-refractivity contribution in [2.45, 2.75) is 52.6 Å². The molecule has 0 aromatic rings. The molecule has 0 spiro atoms. The van der Waals surface area contributed by atoms with Gasteiger partial charge in [-0.3, -0.25) is 9.59 Å². The van der Waals surface area contributed by atoms with Crippen LogP contribution in [-0.4, -0.2) is 70.6 Å². The van der Waals surface area contributed by atoms with E-state index in [-0.39, 0.29) is 28.6 Å². The molecule has 1 N–H and O–H groups in total. The van der Waals surface area contributed by atoms with E-state index in [2.05, 4.69) is 61.8 Å². The monoisotopic (exact) mass is 361 g/mol. The smallest absolute Gasteiger partial charge is 0.276 e. The van der Waals surface area contributed by atoms with Gasteiger partial charge in [-0.1, -0.05) is 0 Å². The standard InChI is InChI=1S/C19H31N5O2/c1-9-23-14(24(10-2)19(5,6)18(23,3)4)12-11-13-15(16(25)20-7)21-22(8)17(13)26/h11-12H,9-10H2,1-8H3,(H,20,25)/b13-11+. The minimum Gasteiger partial charge on any atom is -0.354 e. The van der Waals surface area contributed by atoms with Crippen LogP contribution in [0, 0.1) is 0 Å². The van der Waals surface area contributed by atoms with Gasteiger partial charge in [0.15, 0.2) is 5.71 Å². The fraction of sp³-hybridized carbons (Fsp3) is 0.632. The zero-order chi connectivity index (χ0) is 19.9. The summed E-state index contributed by atoms with van der Waals surface area (Å²) in [6.45, 7) is 14.9. The van der Waals surface area contributed by atoms with Gasteiger partial charge in [0.1, 0.15) is 5.82 Å². The van der Waals surface area contributed by atoms with E-state index in [1.54, 1.807) is 13.1 Å². The van der Waals surface area contributed by atoms with Crippen LogP contribution in [0.2, 0.25) is 0 Å². The average Bonchev–Trinajstić information content (AvgIpc) is 2.93. The van der Waals surface area contributed by atoms with Crippen molar-refractivity contribution in [3.05, 3.63) is 23.5 Å². The van der Waals surface area contributed by atoms with Gasteiger partial charge in [-0.05, 0) is 53.7 Å². The second-order valence-electron chi connectivity index (χ2n) is 7.57. The molecule has 7 nitrogen and oxygen atoms in total. The molecule has 0 aromatic heterocycles. The molecule has 0 saturated carbocycles. The van der Waals surface area contributed by atoms with Crippen LogP contribution in [0.5, 0.6) is 0 Å². The second kappa shape index (κ2) is 6.78. The topological polar surface area (TPSA) is 68.2 Å². The third-order valence-electron chi connectivity index (χ3n) is 5.90. The van der Waals surface area contributed by atoms with E-state index in [1.807, 2.05) is 6.08 Å². The lowest BCUT2D eigenvalue weighted by atomic mass is 9.82. The molecule has 144 valence electrons. The van der Waals surface area contributed by atoms with Crippen LogP contribution in [0.4, 0.5) is 0 Å². The van der Waals surface area contributed by atoms with Crippen molar-refractivity contribution >= 4 is 17.5 Å². The van der Waals surface area contributed by atoms with E-state index in [0.29, 0.717) is 5.57 Å². The number of carbonyl (C=O) groups excluding carboxylic acids is 2. The van der Waals surface area contributed by atoms with Crippen molar-refractivity contribution in [3.8, 4) is 0 Å². The number of nitrogens with one attached hydrogen (secondary N) is 1. The molecular weight excluding hydrogens is 330 g/mol. The summed E-state index contributed by atoms with van der Waals surface area (Å²) in [5.41, 5.74) is 0.320. The molecular formula is C19H31N5O2. The molecule has 0 bridgehead atoms. The quantitative estimate of drug-likeness (QED) is 0.772. The van der Waals surface area contributed by atoms with Gasteiger partial charge in [-0.2, -0.15) is 5.10 Å². The van der Waals surface area contributed by atoms with Crippen molar-refractivity contribution in [1.82, 2.24) is 20.1 Å². The Bertz CT molecular complexity index is 679. The van der Waals surface area contributed by atoms with Crippen molar-refractivity contribution in [1.29, 1.82) is 0 Å². The zero-order valence-electron chi connectivity index (χ0n) is 17.2. The Morgan fingerprint density at radius 3 is 2.00 bits per heavy atom. The van der Waals surface area contributed by atoms with Crippen molar-refractivity contribution in [3.63, 3.8) is 0 Å². The normalized spacial score (nSPS) is 23.0. The highest BCUT2D eigenvalue weighted by Gasteiger charge is 2.53. The summed E-state index contributed by atoms with van der Waals surface area (Å²) in [6, 6.07) is 0. The van der Waals surface area contributed by atoms with E-state index in [9.17, 15) is 9.59 Å². The van der Waals surface area contributed by atoms with Crippen molar-refractivity contribution in [2.24, 2.45) is 5.10 Å². The second-order valence-corrected chi connectivity index (χ2v) is 7.57. The fourth-order valence-electron chi connectivity index (χ4n) is 3.79. The summed E-state index contributed by atoms with van der Waals surface area (Å²) in [6.07, 6.45) is 3.66. The maximum atomic E-state index is 12.4. The minimum atomic E-state index is -0.362. The maximum absolute atomic E-state index is 12.4. The third-order valence-corrected chi connectivity index (χ3v) is 5.90. The SMILES string of the molecule is CCN1C(=C/C=C2/C(=O)N(C)N=C2C(=O)NC)N(CC)C(C)(C)C1(C)C. The summed E-state index contributed by atoms with van der Waals surface area (Å²) in [5, 5.41) is 7.81. The summed E-state index contributed by atoms with van der Waals surface area (Å²) in [5.74, 6) is 0.415. The molecule has 1 fully saturated rings. The Balaban J connectivity index is 2.53. The van der Waals surface area contributed by atoms with E-state index in [1.165, 1.54) is 12.1 Å². The first kappa shape index (κ1) is 20.0. The third kappa shape index (κ3) is 2.79. The molecule has 26 heavy (non-hydrogen) atoms. The molecule has 2 aliphatic heterocycles. The van der Waals surface area contributed by atoms with E-state index < -0.39 is 0 Å². The summed E-state index contributed by atoms with van der Waals surface area (Å²) in [4.78, 5) is 29.1. The highest BCUT2D eigenvalue weighted by atomic mass is 16.2. The number of likely N-dealkylation sites (N-methyl/N-ethyl adjacent to an activating group) is 3. The van der Waals surface area contributed by atoms with Crippen molar-refractivity contribution in [2.75, 3.05) is 27.2 Å². The molecule has 2 amide bonds. The molecule has 1 saturated heterocycles. The number of amides is 2. The molecule has 0 aromatic carbocycles. The lowest BCUT2D eigenvalue weighted by molar-refractivity contribution is -0.124. The first-order valence-corrected chi connectivity index (χ1v) is 9.10. The molecule has 0 aliphatic carbocycles. The van der Waals surface area contributed by atoms with Gasteiger partial charge in [0.05, 0.1) is 16.7 Å². The van der Waals surface area contributed by atoms with Gasteiger partial charge in [0.25, 0.3) is 11.8 Å². The first-order valence-electron chi connectivity index (χ1n) is 9.10. The summed E-state index contributed by atoms with van der Waals surface area (Å²) < 4.78 is 0. The molecule has 2 heterocycles. The molecule has 0 atom stereocenters. The number of nitrogens with zero attached hydrogens (tertiary/aromatic N) is 4. The fourth-order valence-corrected chi connectivity index (χ4v) is 3.79. The van der Waals surface area contributed by atoms with Gasteiger partial charge >= 0.3 is 0 Å². The van der Waals surface area contributed by atoms with E-state index >= 15 is 0 Å². The van der Waals surface area contributed by atoms with Crippen LogP contribution < -0.4 is 5.32 Å². The van der Waals surface area contributed by atoms with Crippen LogP contribution in [0.3, 0.4) is 0 Å². The van der Waals surface area contributed by atoms with Gasteiger partial charge in [0.2, 0.25) is 0 Å². The van der Waals surface area contributed by atoms with Gasteiger partial charge in [-0.25, -0.2) is 5.01 Å². The van der Waals surface area contributed by atoms with Gasteiger partial charge < -0.3 is 15.1 Å². The van der Waals surface area contributed by atoms with Gasteiger partial charge in [-0.15, -0.1) is 0 Å². The number of allylic oxidation sites excluding steroid dienone is 2. The van der Waals surface area contributed by atoms with Crippen molar-refractivity contribution < 1.29 is 9.59 Å². The van der Waals surface area contributed by atoms with E-state index in [4.69, 9.17) is 0 Å². The molecule has 7 heteroatoms. The van der Waals surface area contributed by atoms with Gasteiger partial charge in [0, 0.05) is 27.2 Å². The first-order chi connectivity index (χ1) is 12.0. The van der Waals surface area contributed by atoms with Crippen LogP contribution in [-0.2, 0) is 9.59 Å². The Morgan fingerprint density at radius 1 is 1.08 bits per heavy atom. The number of hydrogen-bond donors (Lipinski definition) is 1. The Morgan fingerprint density at radius 2 is 1.58 bits per heavy atom. The number of rotatable bonds is 4. The zero-order valence-corrected chi connectivity index (χ0v) is 17.2. The molecule has 2 rings (SSSR count). The predicted octanol–water partition coefficient (Wildman–Crippen LogP) is 1.54. The Labute approximate surface area is 156 Å². The van der Waals surface area contributed by atoms with Crippen LogP contribution >= 0.6 is 0 Å². The number of carbonyl (C=O) groups is 2. The highest BCUT2D eigenvalue weighted by Crippen LogP contribution is 2.45. The minimum absolute atomic E-state index is 0.0731. The van der Waals surface area contributed by atoms with Crippen LogP contribution in [0.25, 0.3) is 0 Å². The molecule has 0 unspecified atom stereocenters. The van der Waals surface area contributed by atoms with Crippen LogP contribution in [0.1, 0.15) is 41.5 Å². The number of hydrogen-bond acceptors (Lipinski definition) is 5. The lowest BCUT2D eigenvalue weighted by Gasteiger charge is -2.42. The highest BCUT2D eigenvalue weighted by molar-refractivity contribution is 6.52. The average molecular weight is 361 g/mol. The Hall–Kier alpha value is -2.31. The summed E-state index contributed by atoms with van der Waals surface area (Å²) >= 11 is 0. The Kier molecular flexibility index (Phi) is 5.21. The predicted molar refractivity (Wildman–Crippen MR) is 103 cm³/mol. The number of hydrazone groups is 1. The lowest BCUT2D eigenvalue weighted by Crippen LogP contribution is -2.54. The molecule has 2 aliphatic rings.